The molecular formula is C17H13Cl2F3N2O4. The fourth-order valence-corrected chi connectivity index (χ4v) is 2.60. The van der Waals surface area contributed by atoms with Gasteiger partial charge in [0.15, 0.2) is 0 Å². The number of halogens is 5. The average Bonchev–Trinajstić information content (AvgIpc) is 2.63. The number of anilines is 2. The van der Waals surface area contributed by atoms with Gasteiger partial charge in [-0.1, -0.05) is 23.2 Å². The summed E-state index contributed by atoms with van der Waals surface area (Å²) in [5.74, 6) is -1.99. The number of hydrogen-bond acceptors (Lipinski definition) is 4. The van der Waals surface area contributed by atoms with Crippen LogP contribution in [-0.2, 0) is 15.8 Å². The first-order valence-electron chi connectivity index (χ1n) is 7.47. The lowest BCUT2D eigenvalue weighted by molar-refractivity contribution is -0.137. The van der Waals surface area contributed by atoms with E-state index in [0.29, 0.717) is 6.07 Å². The number of amides is 2. The van der Waals surface area contributed by atoms with Crippen LogP contribution in [0.25, 0.3) is 0 Å². The minimum atomic E-state index is -4.71. The van der Waals surface area contributed by atoms with E-state index in [9.17, 15) is 22.8 Å². The number of rotatable bonds is 4. The van der Waals surface area contributed by atoms with Gasteiger partial charge in [0.1, 0.15) is 11.5 Å². The molecule has 0 aliphatic carbocycles. The molecule has 0 atom stereocenters. The lowest BCUT2D eigenvalue weighted by atomic mass is 10.2. The van der Waals surface area contributed by atoms with Crippen molar-refractivity contribution in [3.8, 4) is 11.5 Å². The van der Waals surface area contributed by atoms with Crippen molar-refractivity contribution in [2.24, 2.45) is 0 Å². The molecule has 0 radical (unpaired) electrons. The van der Waals surface area contributed by atoms with Crippen LogP contribution in [-0.4, -0.2) is 26.0 Å². The van der Waals surface area contributed by atoms with Gasteiger partial charge in [-0.05, 0) is 18.2 Å². The Balaban J connectivity index is 2.20. The molecule has 0 fully saturated rings. The summed E-state index contributed by atoms with van der Waals surface area (Å²) in [6.07, 6.45) is -4.71. The predicted molar refractivity (Wildman–Crippen MR) is 98.3 cm³/mol. The van der Waals surface area contributed by atoms with Gasteiger partial charge in [0.25, 0.3) is 0 Å². The number of ether oxygens (including phenoxy) is 2. The van der Waals surface area contributed by atoms with E-state index in [1.54, 1.807) is 0 Å². The van der Waals surface area contributed by atoms with Gasteiger partial charge in [0.2, 0.25) is 0 Å². The maximum Gasteiger partial charge on any atom is 0.417 e. The number of alkyl halides is 3. The molecule has 0 spiro atoms. The van der Waals surface area contributed by atoms with Crippen molar-refractivity contribution in [3.05, 3.63) is 45.9 Å². The Hall–Kier alpha value is -2.65. The minimum absolute atomic E-state index is 0.0796. The molecule has 0 heterocycles. The number of methoxy groups -OCH3 is 2. The van der Waals surface area contributed by atoms with Gasteiger partial charge in [-0.3, -0.25) is 9.59 Å². The van der Waals surface area contributed by atoms with Gasteiger partial charge in [0.05, 0.1) is 35.5 Å². The summed E-state index contributed by atoms with van der Waals surface area (Å²) in [4.78, 5) is 24.2. The SMILES string of the molecule is COc1cc(NC(=O)C(=O)Nc2ccc(Cl)c(C(F)(F)F)c2)c(OC)cc1Cl. The van der Waals surface area contributed by atoms with E-state index in [1.165, 1.54) is 26.4 Å². The standard InChI is InChI=1S/C17H13Cl2F3N2O4/c1-27-13-7-12(14(28-2)6-11(13)19)24-16(26)15(25)23-8-3-4-10(18)9(5-8)17(20,21)22/h3-7H,1-2H3,(H,23,25)(H,24,26). The highest BCUT2D eigenvalue weighted by Crippen LogP contribution is 2.37. The van der Waals surface area contributed by atoms with E-state index in [4.69, 9.17) is 32.7 Å². The first kappa shape index (κ1) is 21.6. The molecule has 0 saturated carbocycles. The molecule has 0 aliphatic heterocycles. The maximum atomic E-state index is 12.9. The normalized spacial score (nSPS) is 11.0. The summed E-state index contributed by atoms with van der Waals surface area (Å²) in [6.45, 7) is 0. The van der Waals surface area contributed by atoms with Crippen LogP contribution in [0, 0.1) is 0 Å². The first-order valence-corrected chi connectivity index (χ1v) is 8.23. The van der Waals surface area contributed by atoms with Crippen molar-refractivity contribution in [1.82, 2.24) is 0 Å². The summed E-state index contributed by atoms with van der Waals surface area (Å²) in [6, 6.07) is 5.41. The number of carbonyl (C=O) groups excluding carboxylic acids is 2. The largest absolute Gasteiger partial charge is 0.495 e. The second kappa shape index (κ2) is 8.57. The average molecular weight is 437 g/mol. The summed E-state index contributed by atoms with van der Waals surface area (Å²) < 4.78 is 48.7. The Morgan fingerprint density at radius 3 is 2.07 bits per heavy atom. The third-order valence-electron chi connectivity index (χ3n) is 3.46. The highest BCUT2D eigenvalue weighted by molar-refractivity contribution is 6.44. The summed E-state index contributed by atoms with van der Waals surface area (Å²) >= 11 is 11.5. The molecule has 0 bridgehead atoms. The topological polar surface area (TPSA) is 76.7 Å². The van der Waals surface area contributed by atoms with E-state index in [0.717, 1.165) is 12.1 Å². The molecule has 2 N–H and O–H groups in total. The molecule has 0 aromatic heterocycles. The van der Waals surface area contributed by atoms with Crippen LogP contribution in [0.2, 0.25) is 10.0 Å². The van der Waals surface area contributed by atoms with Crippen LogP contribution >= 0.6 is 23.2 Å². The molecule has 2 amide bonds. The molecule has 0 unspecified atom stereocenters. The molecule has 2 aromatic rings. The fraction of sp³-hybridized carbons (Fsp3) is 0.176. The van der Waals surface area contributed by atoms with Crippen molar-refractivity contribution >= 4 is 46.4 Å². The number of hydrogen-bond donors (Lipinski definition) is 2. The zero-order valence-electron chi connectivity index (χ0n) is 14.4. The number of carbonyl (C=O) groups is 2. The van der Waals surface area contributed by atoms with Crippen molar-refractivity contribution < 1.29 is 32.2 Å². The highest BCUT2D eigenvalue weighted by Gasteiger charge is 2.33. The fourth-order valence-electron chi connectivity index (χ4n) is 2.15. The first-order chi connectivity index (χ1) is 13.1. The zero-order chi connectivity index (χ0) is 21.1. The van der Waals surface area contributed by atoms with Crippen molar-refractivity contribution in [1.29, 1.82) is 0 Å². The molecular weight excluding hydrogens is 424 g/mol. The molecule has 6 nitrogen and oxygen atoms in total. The molecule has 11 heteroatoms. The van der Waals surface area contributed by atoms with Crippen LogP contribution < -0.4 is 20.1 Å². The third-order valence-corrected chi connectivity index (χ3v) is 4.08. The van der Waals surface area contributed by atoms with Crippen LogP contribution in [0.3, 0.4) is 0 Å². The monoisotopic (exact) mass is 436 g/mol. The third kappa shape index (κ3) is 4.99. The van der Waals surface area contributed by atoms with Gasteiger partial charge in [-0.15, -0.1) is 0 Å². The second-order valence-corrected chi connectivity index (χ2v) is 6.10. The van der Waals surface area contributed by atoms with E-state index in [2.05, 4.69) is 10.6 Å². The zero-order valence-corrected chi connectivity index (χ0v) is 15.9. The Morgan fingerprint density at radius 2 is 1.50 bits per heavy atom. The molecule has 2 rings (SSSR count). The van der Waals surface area contributed by atoms with Gasteiger partial charge in [-0.25, -0.2) is 0 Å². The van der Waals surface area contributed by atoms with E-state index < -0.39 is 28.6 Å². The van der Waals surface area contributed by atoms with Crippen LogP contribution in [0.5, 0.6) is 11.5 Å². The Labute approximate surface area is 167 Å². The second-order valence-electron chi connectivity index (χ2n) is 5.29. The molecule has 2 aromatic carbocycles. The van der Waals surface area contributed by atoms with Gasteiger partial charge >= 0.3 is 18.0 Å². The van der Waals surface area contributed by atoms with Crippen molar-refractivity contribution in [2.45, 2.75) is 6.18 Å². The van der Waals surface area contributed by atoms with Gasteiger partial charge in [0, 0.05) is 17.8 Å². The molecule has 28 heavy (non-hydrogen) atoms. The minimum Gasteiger partial charge on any atom is -0.495 e. The molecule has 0 aliphatic rings. The summed E-state index contributed by atoms with van der Waals surface area (Å²) in [5, 5.41) is 4.02. The maximum absolute atomic E-state index is 12.9. The quantitative estimate of drug-likeness (QED) is 0.686. The smallest absolute Gasteiger partial charge is 0.417 e. The lowest BCUT2D eigenvalue weighted by Gasteiger charge is -2.14. The van der Waals surface area contributed by atoms with Crippen LogP contribution in [0.1, 0.15) is 5.56 Å². The molecule has 150 valence electrons. The van der Waals surface area contributed by atoms with Gasteiger partial charge in [-0.2, -0.15) is 13.2 Å². The van der Waals surface area contributed by atoms with Crippen LogP contribution in [0.4, 0.5) is 24.5 Å². The number of nitrogens with one attached hydrogen (secondary N) is 2. The van der Waals surface area contributed by atoms with Crippen molar-refractivity contribution in [2.75, 3.05) is 24.9 Å². The summed E-state index contributed by atoms with van der Waals surface area (Å²) in [7, 11) is 2.67. The Morgan fingerprint density at radius 1 is 0.893 bits per heavy atom. The van der Waals surface area contributed by atoms with E-state index in [1.807, 2.05) is 0 Å². The van der Waals surface area contributed by atoms with Crippen LogP contribution in [0.15, 0.2) is 30.3 Å². The highest BCUT2D eigenvalue weighted by atomic mass is 35.5. The van der Waals surface area contributed by atoms with E-state index in [-0.39, 0.29) is 27.9 Å². The lowest BCUT2D eigenvalue weighted by Crippen LogP contribution is -2.29. The number of benzene rings is 2. The summed E-state index contributed by atoms with van der Waals surface area (Å²) in [5.41, 5.74) is -1.31. The van der Waals surface area contributed by atoms with E-state index >= 15 is 0 Å². The Kier molecular flexibility index (Phi) is 6.63. The Bertz CT molecular complexity index is 920. The van der Waals surface area contributed by atoms with Gasteiger partial charge < -0.3 is 20.1 Å². The van der Waals surface area contributed by atoms with Crippen molar-refractivity contribution in [3.63, 3.8) is 0 Å². The molecule has 0 saturated heterocycles. The predicted octanol–water partition coefficient (Wildman–Crippen LogP) is 4.61.